The second kappa shape index (κ2) is 22.0. The number of piperazine rings is 1. The molecule has 1 unspecified atom stereocenters. The van der Waals surface area contributed by atoms with Crippen LogP contribution in [-0.2, 0) is 23.8 Å². The smallest absolute Gasteiger partial charge is 0.320 e. The average molecular weight is 1020 g/mol. The Kier molecular flexibility index (Phi) is 16.3. The molecule has 6 aliphatic rings. The van der Waals surface area contributed by atoms with E-state index in [1.54, 1.807) is 53.0 Å². The molecule has 5 N–H and O–H groups in total. The Labute approximate surface area is 434 Å². The van der Waals surface area contributed by atoms with E-state index in [1.807, 2.05) is 39.0 Å². The van der Waals surface area contributed by atoms with Gasteiger partial charge in [-0.25, -0.2) is 4.99 Å². The lowest BCUT2D eigenvalue weighted by Crippen LogP contribution is -2.50. The molecule has 0 radical (unpaired) electrons. The van der Waals surface area contributed by atoms with E-state index < -0.39 is 89.1 Å². The molecule has 17 heteroatoms. The molecular formula is C57H78N6O11. The number of aromatic hydroxyl groups is 2. The summed E-state index contributed by atoms with van der Waals surface area (Å²) in [5, 5.41) is 51.9. The summed E-state index contributed by atoms with van der Waals surface area (Å²) in [4.78, 5) is 59.6. The number of para-hydroxylation sites is 1. The number of carbonyl (C=O) groups is 3. The standard InChI is InChI=1S/C57H78N6O11/c1-31(2)29-61-22-20-57(21-23-61)59-45-42-43-50(67)38(9)53-44(42)54(69)56(10,74-53)73-34(5)28-40(71-11)35(6)52(72-41(64)30-62-24-26-63(27-25-62)39-18-13-12-14-19-39)37(8)49(66)36(7)48(65)32(3)16-15-17-33(4)55(70)58-47(51(43)68)46(45)60-57/h12-19,31-32,34-37,40,48-49,52,59,65-68H,20-30H2,1-11H3/b16-15+,33-17-,58-47?/t32-,34?,35+,36+,37+,40-,48-,49+,52+,56-/m0/s1. The highest BCUT2D eigenvalue weighted by Gasteiger charge is 2.51. The predicted molar refractivity (Wildman–Crippen MR) is 282 cm³/mol. The van der Waals surface area contributed by atoms with E-state index >= 15 is 4.79 Å². The number of phenols is 2. The largest absolute Gasteiger partial charge is 0.507 e. The molecule has 2 fully saturated rings. The molecule has 17 nitrogen and oxygen atoms in total. The minimum atomic E-state index is -1.92. The lowest BCUT2D eigenvalue weighted by molar-refractivity contribution is -0.175. The Morgan fingerprint density at radius 2 is 1.55 bits per heavy atom. The first-order valence-corrected chi connectivity index (χ1v) is 26.5. The van der Waals surface area contributed by atoms with Crippen LogP contribution in [0, 0.1) is 36.5 Å². The maximum atomic E-state index is 15.2. The molecule has 5 bridgehead atoms. The van der Waals surface area contributed by atoms with Gasteiger partial charge in [-0.3, -0.25) is 24.3 Å². The molecular weight excluding hydrogens is 945 g/mol. The number of likely N-dealkylation sites (tertiary alicyclic amines) is 1. The van der Waals surface area contributed by atoms with E-state index in [-0.39, 0.29) is 62.7 Å². The van der Waals surface area contributed by atoms with Gasteiger partial charge in [-0.05, 0) is 38.8 Å². The second-order valence-electron chi connectivity index (χ2n) is 22.2. The third-order valence-corrected chi connectivity index (χ3v) is 16.3. The second-order valence-corrected chi connectivity index (χ2v) is 22.2. The number of phenolic OH excluding ortho intramolecular Hbond substituents is 2. The van der Waals surface area contributed by atoms with E-state index in [2.05, 4.69) is 51.0 Å². The number of carbonyl (C=O) groups excluding carboxylic acids is 3. The van der Waals surface area contributed by atoms with Crippen molar-refractivity contribution in [2.24, 2.45) is 39.6 Å². The summed E-state index contributed by atoms with van der Waals surface area (Å²) < 4.78 is 25.7. The summed E-state index contributed by atoms with van der Waals surface area (Å²) in [5.41, 5.74) is 1.08. The number of aliphatic hydroxyl groups is 2. The molecule has 74 heavy (non-hydrogen) atoms. The van der Waals surface area contributed by atoms with Crippen molar-refractivity contribution >= 4 is 39.8 Å². The summed E-state index contributed by atoms with van der Waals surface area (Å²) in [7, 11) is 1.55. The molecule has 2 saturated heterocycles. The molecule has 1 amide bonds. The fourth-order valence-corrected chi connectivity index (χ4v) is 11.8. The molecule has 0 aromatic heterocycles. The first-order chi connectivity index (χ1) is 35.1. The normalized spacial score (nSPS) is 31.4. The number of hydrogen-bond donors (Lipinski definition) is 5. The van der Waals surface area contributed by atoms with Crippen molar-refractivity contribution in [3.8, 4) is 17.2 Å². The Morgan fingerprint density at radius 1 is 0.878 bits per heavy atom. The first-order valence-electron chi connectivity index (χ1n) is 26.5. The Morgan fingerprint density at radius 3 is 2.20 bits per heavy atom. The Balaban J connectivity index is 1.16. The summed E-state index contributed by atoms with van der Waals surface area (Å²) in [5.74, 6) is -6.35. The number of nitrogens with one attached hydrogen (secondary N) is 1. The molecule has 6 aliphatic heterocycles. The van der Waals surface area contributed by atoms with Gasteiger partial charge in [0, 0.05) is 125 Å². The number of methoxy groups -OCH3 is 1. The van der Waals surface area contributed by atoms with E-state index in [0.717, 1.165) is 38.4 Å². The molecule has 10 atom stereocenters. The fraction of sp³-hybridized carbons (Fsp3) is 0.596. The summed E-state index contributed by atoms with van der Waals surface area (Å²) in [6, 6.07) is 10.2. The van der Waals surface area contributed by atoms with Crippen LogP contribution in [0.25, 0.3) is 10.8 Å². The zero-order valence-electron chi connectivity index (χ0n) is 45.1. The van der Waals surface area contributed by atoms with Crippen LogP contribution in [0.1, 0.15) is 97.5 Å². The number of anilines is 2. The maximum Gasteiger partial charge on any atom is 0.320 e. The molecule has 3 aromatic carbocycles. The van der Waals surface area contributed by atoms with Crippen molar-refractivity contribution in [2.45, 2.75) is 130 Å². The van der Waals surface area contributed by atoms with Gasteiger partial charge in [-0.2, -0.15) is 0 Å². The van der Waals surface area contributed by atoms with Crippen molar-refractivity contribution < 1.29 is 53.8 Å². The van der Waals surface area contributed by atoms with Gasteiger partial charge in [0.2, 0.25) is 5.78 Å². The van der Waals surface area contributed by atoms with Gasteiger partial charge in [-0.15, -0.1) is 0 Å². The van der Waals surface area contributed by atoms with Gasteiger partial charge < -0.3 is 54.5 Å². The van der Waals surface area contributed by atoms with Crippen molar-refractivity contribution in [3.63, 3.8) is 0 Å². The number of ether oxygens (including phenoxy) is 4. The first kappa shape index (κ1) is 54.8. The van der Waals surface area contributed by atoms with E-state index in [1.165, 1.54) is 6.92 Å². The number of hydrogen-bond acceptors (Lipinski definition) is 16. The summed E-state index contributed by atoms with van der Waals surface area (Å²) in [6.07, 6.45) is 1.87. The molecule has 9 rings (SSSR count). The van der Waals surface area contributed by atoms with Gasteiger partial charge in [0.25, 0.3) is 11.7 Å². The van der Waals surface area contributed by atoms with E-state index in [9.17, 15) is 30.0 Å². The van der Waals surface area contributed by atoms with Crippen LogP contribution in [0.4, 0.5) is 11.4 Å². The number of aliphatic hydroxyl groups excluding tert-OH is 2. The zero-order chi connectivity index (χ0) is 53.6. The minimum Gasteiger partial charge on any atom is -0.507 e. The number of fused-ring (bicyclic) bond motifs is 14. The van der Waals surface area contributed by atoms with Crippen LogP contribution in [0.3, 0.4) is 0 Å². The Bertz CT molecular complexity index is 2790. The third kappa shape index (κ3) is 10.8. The lowest BCUT2D eigenvalue weighted by atomic mass is 9.78. The fourth-order valence-electron chi connectivity index (χ4n) is 11.8. The van der Waals surface area contributed by atoms with E-state index in [0.29, 0.717) is 37.5 Å². The number of amides is 1. The monoisotopic (exact) mass is 1020 g/mol. The number of Topliss-reactive ketones (excluding diaryl/α,β-unsaturated/α-hetero) is 1. The molecule has 1 spiro atoms. The van der Waals surface area contributed by atoms with Crippen LogP contribution >= 0.6 is 0 Å². The minimum absolute atomic E-state index is 0.0420. The number of allylic oxidation sites excluding steroid dienone is 2. The number of rotatable bonds is 7. The van der Waals surface area contributed by atoms with Crippen LogP contribution in [0.5, 0.6) is 17.2 Å². The topological polar surface area (TPSA) is 216 Å². The van der Waals surface area contributed by atoms with Crippen molar-refractivity contribution in [2.75, 3.05) is 69.7 Å². The van der Waals surface area contributed by atoms with Crippen LogP contribution < -0.4 is 25.7 Å². The van der Waals surface area contributed by atoms with Gasteiger partial charge in [0.1, 0.15) is 34.0 Å². The molecule has 402 valence electrons. The number of benzene rings is 3. The molecule has 6 heterocycles. The van der Waals surface area contributed by atoms with Crippen molar-refractivity contribution in [1.82, 2.24) is 9.80 Å². The average Bonchev–Trinajstić information content (AvgIpc) is 3.87. The third-order valence-electron chi connectivity index (χ3n) is 16.3. The highest BCUT2D eigenvalue weighted by molar-refractivity contribution is 6.21. The highest BCUT2D eigenvalue weighted by atomic mass is 16.7. The Hall–Kier alpha value is -5.43. The maximum absolute atomic E-state index is 15.2. The number of piperidine rings is 1. The van der Waals surface area contributed by atoms with Crippen LogP contribution in [-0.4, -0.2) is 149 Å². The number of ketones is 1. The van der Waals surface area contributed by atoms with E-state index in [4.69, 9.17) is 23.9 Å². The number of esters is 1. The summed E-state index contributed by atoms with van der Waals surface area (Å²) in [6.45, 7) is 23.3. The molecule has 3 aromatic rings. The molecule has 0 aliphatic carbocycles. The van der Waals surface area contributed by atoms with Crippen molar-refractivity contribution in [1.29, 1.82) is 0 Å². The zero-order valence-corrected chi connectivity index (χ0v) is 45.1. The van der Waals surface area contributed by atoms with Gasteiger partial charge in [-0.1, -0.05) is 78.0 Å². The predicted octanol–water partition coefficient (Wildman–Crippen LogP) is 5.82. The van der Waals surface area contributed by atoms with Crippen LogP contribution in [0.2, 0.25) is 0 Å². The molecule has 0 saturated carbocycles. The van der Waals surface area contributed by atoms with Crippen molar-refractivity contribution in [3.05, 3.63) is 76.0 Å². The van der Waals surface area contributed by atoms with Gasteiger partial charge in [0.05, 0.1) is 47.6 Å². The van der Waals surface area contributed by atoms with Gasteiger partial charge >= 0.3 is 5.97 Å². The van der Waals surface area contributed by atoms with Crippen LogP contribution in [0.15, 0.2) is 64.1 Å². The lowest BCUT2D eigenvalue weighted by Gasteiger charge is -2.40. The number of nitrogens with zero attached hydrogens (tertiary/aromatic N) is 5. The summed E-state index contributed by atoms with van der Waals surface area (Å²) >= 11 is 0. The SMILES string of the molecule is CO[C@H]1CC(C)O[C@@]2(C)Oc3c(C)c(O)c4c(O)c(c5c(c4c3C2=O)NC2(CCN(CC(C)C)CC2)N=5)=NC(=O)/C(C)=C\C=C\[C@H](C)[C@H](O)[C@@H](C)[C@@H](O)[C@@H](C)[C@H](OC(=O)CN2CCN(c3ccccc3)CC2)[C@@H]1C. The van der Waals surface area contributed by atoms with Gasteiger partial charge in [0.15, 0.2) is 5.75 Å². The quantitative estimate of drug-likeness (QED) is 0.139. The highest BCUT2D eigenvalue weighted by Crippen LogP contribution is 2.51.